The number of carbonyl (C=O) groups excluding carboxylic acids is 1. The molecule has 0 heterocycles. The van der Waals surface area contributed by atoms with Crippen molar-refractivity contribution >= 4 is 27.7 Å². The third-order valence-corrected chi connectivity index (χ3v) is 3.17. The summed E-state index contributed by atoms with van der Waals surface area (Å²) in [4.78, 5) is 16.8. The number of nitrogen functional groups attached to an aromatic ring is 1. The van der Waals surface area contributed by atoms with Crippen LogP contribution in [0.3, 0.4) is 0 Å². The second-order valence-electron chi connectivity index (χ2n) is 4.28. The van der Waals surface area contributed by atoms with E-state index in [1.165, 1.54) is 0 Å². The first-order valence-electron chi connectivity index (χ1n) is 5.98. The maximum absolute atomic E-state index is 11.8. The summed E-state index contributed by atoms with van der Waals surface area (Å²) in [7, 11) is 0. The molecule has 3 N–H and O–H groups in total. The van der Waals surface area contributed by atoms with Gasteiger partial charge in [-0.3, -0.25) is 10.6 Å². The largest absolute Gasteiger partial charge is 0.387 e. The van der Waals surface area contributed by atoms with E-state index in [2.05, 4.69) is 21.1 Å². The van der Waals surface area contributed by atoms with Crippen LogP contribution in [-0.4, -0.2) is 11.8 Å². The van der Waals surface area contributed by atoms with Crippen molar-refractivity contribution in [3.8, 4) is 0 Å². The molecule has 0 aliphatic rings. The van der Waals surface area contributed by atoms with Gasteiger partial charge in [0.1, 0.15) is 0 Å². The monoisotopic (exact) mass is 333 g/mol. The highest BCUT2D eigenvalue weighted by atomic mass is 79.9. The molecule has 0 aliphatic carbocycles. The molecular weight excluding hydrogens is 320 g/mol. The molecular formula is C15H14BrN2O2+. The molecule has 0 spiro atoms. The molecule has 2 rings (SSSR count). The Morgan fingerprint density at radius 3 is 2.50 bits per heavy atom. The van der Waals surface area contributed by atoms with Gasteiger partial charge in [0.25, 0.3) is 0 Å². The Morgan fingerprint density at radius 1 is 1.15 bits per heavy atom. The van der Waals surface area contributed by atoms with E-state index in [0.29, 0.717) is 5.56 Å². The first kappa shape index (κ1) is 14.3. The van der Waals surface area contributed by atoms with Crippen molar-refractivity contribution < 1.29 is 14.8 Å². The van der Waals surface area contributed by atoms with Gasteiger partial charge in [-0.1, -0.05) is 44.8 Å². The highest BCUT2D eigenvalue weighted by Gasteiger charge is 2.10. The van der Waals surface area contributed by atoms with E-state index in [-0.39, 0.29) is 5.84 Å². The minimum atomic E-state index is -0.499. The van der Waals surface area contributed by atoms with Crippen molar-refractivity contribution in [1.29, 1.82) is 0 Å². The van der Waals surface area contributed by atoms with Crippen molar-refractivity contribution in [2.45, 2.75) is 6.92 Å². The lowest BCUT2D eigenvalue weighted by Crippen LogP contribution is -2.75. The molecule has 0 aromatic heterocycles. The van der Waals surface area contributed by atoms with Gasteiger partial charge in [0, 0.05) is 4.47 Å². The maximum Gasteiger partial charge on any atom is 0.387 e. The SMILES string of the molecule is Cc1ccc(C(N)=[NH+]OC(=O)c2cccc(Br)c2)cc1. The third-order valence-electron chi connectivity index (χ3n) is 2.68. The van der Waals surface area contributed by atoms with Gasteiger partial charge < -0.3 is 0 Å². The number of halogens is 1. The molecule has 0 bridgehead atoms. The van der Waals surface area contributed by atoms with Crippen LogP contribution in [0, 0.1) is 6.92 Å². The van der Waals surface area contributed by atoms with E-state index in [4.69, 9.17) is 10.6 Å². The van der Waals surface area contributed by atoms with Gasteiger partial charge in [-0.05, 0) is 37.3 Å². The molecule has 2 aromatic carbocycles. The van der Waals surface area contributed by atoms with Gasteiger partial charge in [0.2, 0.25) is 0 Å². The van der Waals surface area contributed by atoms with E-state index < -0.39 is 5.97 Å². The number of benzene rings is 2. The van der Waals surface area contributed by atoms with Crippen LogP contribution in [0.25, 0.3) is 0 Å². The van der Waals surface area contributed by atoms with Crippen molar-refractivity contribution in [2.24, 2.45) is 5.73 Å². The average molecular weight is 334 g/mol. The minimum Gasteiger partial charge on any atom is -0.284 e. The number of nitrogens with two attached hydrogens (primary N) is 1. The van der Waals surface area contributed by atoms with Gasteiger partial charge in [-0.2, -0.15) is 0 Å². The van der Waals surface area contributed by atoms with Gasteiger partial charge >= 0.3 is 11.8 Å². The Morgan fingerprint density at radius 2 is 1.85 bits per heavy atom. The third kappa shape index (κ3) is 3.68. The van der Waals surface area contributed by atoms with Gasteiger partial charge in [-0.25, -0.2) is 4.79 Å². The normalized spacial score (nSPS) is 11.2. The summed E-state index contributed by atoms with van der Waals surface area (Å²) in [5, 5.41) is 2.47. The predicted molar refractivity (Wildman–Crippen MR) is 80.0 cm³/mol. The van der Waals surface area contributed by atoms with Crippen LogP contribution in [0.5, 0.6) is 0 Å². The van der Waals surface area contributed by atoms with Crippen LogP contribution >= 0.6 is 15.9 Å². The van der Waals surface area contributed by atoms with Crippen LogP contribution in [-0.2, 0) is 4.84 Å². The van der Waals surface area contributed by atoms with Gasteiger partial charge in [0.05, 0.1) is 11.1 Å². The quantitative estimate of drug-likeness (QED) is 0.385. The molecule has 0 amide bonds. The predicted octanol–water partition coefficient (Wildman–Crippen LogP) is 1.32. The molecule has 4 nitrogen and oxygen atoms in total. The maximum atomic E-state index is 11.8. The summed E-state index contributed by atoms with van der Waals surface area (Å²) < 4.78 is 0.808. The Balaban J connectivity index is 2.08. The van der Waals surface area contributed by atoms with Crippen LogP contribution in [0.15, 0.2) is 53.0 Å². The molecule has 102 valence electrons. The number of carbonyl (C=O) groups is 1. The first-order valence-corrected chi connectivity index (χ1v) is 6.78. The lowest BCUT2D eigenvalue weighted by molar-refractivity contribution is -0.721. The standard InChI is InChI=1S/C15H13BrN2O2/c1-10-5-7-11(8-6-10)14(17)18-20-15(19)12-3-2-4-13(16)9-12/h2-9H,1H3,(H2,17,18)/p+1. The number of hydrogen-bond acceptors (Lipinski definition) is 2. The minimum absolute atomic E-state index is 0.286. The fourth-order valence-electron chi connectivity index (χ4n) is 1.57. The lowest BCUT2D eigenvalue weighted by atomic mass is 10.1. The fraction of sp³-hybridized carbons (Fsp3) is 0.0667. The molecule has 0 saturated carbocycles. The zero-order valence-corrected chi connectivity index (χ0v) is 12.5. The molecule has 5 heteroatoms. The number of hydrogen-bond donors (Lipinski definition) is 2. The number of nitrogens with one attached hydrogen (secondary N) is 1. The van der Waals surface area contributed by atoms with E-state index in [0.717, 1.165) is 15.6 Å². The Labute approximate surface area is 125 Å². The Bertz CT molecular complexity index is 651. The van der Waals surface area contributed by atoms with Crippen LogP contribution < -0.4 is 10.9 Å². The van der Waals surface area contributed by atoms with E-state index in [9.17, 15) is 4.79 Å². The molecule has 0 aliphatic heterocycles. The molecule has 0 saturated heterocycles. The molecule has 20 heavy (non-hydrogen) atoms. The second kappa shape index (κ2) is 6.34. The smallest absolute Gasteiger partial charge is 0.284 e. The van der Waals surface area contributed by atoms with E-state index in [1.54, 1.807) is 18.2 Å². The summed E-state index contributed by atoms with van der Waals surface area (Å²) >= 11 is 3.30. The van der Waals surface area contributed by atoms with Crippen molar-refractivity contribution in [3.05, 3.63) is 69.7 Å². The lowest BCUT2D eigenvalue weighted by Gasteiger charge is -1.99. The molecule has 0 fully saturated rings. The number of aryl methyl sites for hydroxylation is 1. The van der Waals surface area contributed by atoms with E-state index in [1.807, 2.05) is 37.3 Å². The van der Waals surface area contributed by atoms with Crippen molar-refractivity contribution in [3.63, 3.8) is 0 Å². The molecule has 2 aromatic rings. The zero-order valence-electron chi connectivity index (χ0n) is 10.9. The average Bonchev–Trinajstić information content (AvgIpc) is 2.45. The summed E-state index contributed by atoms with van der Waals surface area (Å²) in [5.41, 5.74) is 8.15. The number of rotatable bonds is 3. The topological polar surface area (TPSA) is 66.3 Å². The summed E-state index contributed by atoms with van der Waals surface area (Å²) in [6.45, 7) is 1.99. The van der Waals surface area contributed by atoms with E-state index >= 15 is 0 Å². The fourth-order valence-corrected chi connectivity index (χ4v) is 1.97. The summed E-state index contributed by atoms with van der Waals surface area (Å²) in [6.07, 6.45) is 0. The number of amidine groups is 1. The second-order valence-corrected chi connectivity index (χ2v) is 5.20. The van der Waals surface area contributed by atoms with Crippen molar-refractivity contribution in [2.75, 3.05) is 0 Å². The van der Waals surface area contributed by atoms with Crippen LogP contribution in [0.1, 0.15) is 21.5 Å². The Kier molecular flexibility index (Phi) is 4.53. The summed E-state index contributed by atoms with van der Waals surface area (Å²) in [6, 6.07) is 14.5. The summed E-state index contributed by atoms with van der Waals surface area (Å²) in [5.74, 6) is -0.213. The Hall–Kier alpha value is -2.14. The van der Waals surface area contributed by atoms with Crippen molar-refractivity contribution in [1.82, 2.24) is 0 Å². The van der Waals surface area contributed by atoms with Crippen LogP contribution in [0.2, 0.25) is 0 Å². The molecule has 0 atom stereocenters. The molecule has 0 radical (unpaired) electrons. The van der Waals surface area contributed by atoms with Gasteiger partial charge in [-0.15, -0.1) is 0 Å². The highest BCUT2D eigenvalue weighted by molar-refractivity contribution is 9.10. The zero-order chi connectivity index (χ0) is 14.5. The van der Waals surface area contributed by atoms with Gasteiger partial charge in [0.15, 0.2) is 0 Å². The first-order chi connectivity index (χ1) is 9.56. The highest BCUT2D eigenvalue weighted by Crippen LogP contribution is 2.11. The van der Waals surface area contributed by atoms with Crippen LogP contribution in [0.4, 0.5) is 0 Å². The molecule has 0 unspecified atom stereocenters.